The average molecular weight is 483 g/mol. The van der Waals surface area contributed by atoms with E-state index in [9.17, 15) is 5.11 Å². The van der Waals surface area contributed by atoms with Gasteiger partial charge in [0.2, 0.25) is 0 Å². The van der Waals surface area contributed by atoms with Crippen LogP contribution < -0.4 is 4.90 Å². The van der Waals surface area contributed by atoms with Crippen LogP contribution in [-0.4, -0.2) is 78.4 Å². The van der Waals surface area contributed by atoms with E-state index in [1.165, 1.54) is 47.5 Å². The van der Waals surface area contributed by atoms with Crippen LogP contribution in [0.25, 0.3) is 11.3 Å². The van der Waals surface area contributed by atoms with Crippen molar-refractivity contribution in [2.75, 3.05) is 57.3 Å². The number of nitrogens with zero attached hydrogens (tertiary/aromatic N) is 4. The summed E-state index contributed by atoms with van der Waals surface area (Å²) in [5.41, 5.74) is 5.90. The molecule has 2 aliphatic heterocycles. The van der Waals surface area contributed by atoms with Crippen molar-refractivity contribution in [3.8, 4) is 11.3 Å². The van der Waals surface area contributed by atoms with Crippen LogP contribution in [-0.2, 0) is 10.8 Å². The predicted molar refractivity (Wildman–Crippen MR) is 143 cm³/mol. The Morgan fingerprint density at radius 1 is 0.941 bits per heavy atom. The van der Waals surface area contributed by atoms with Gasteiger partial charge in [-0.15, -0.1) is 11.3 Å². The van der Waals surface area contributed by atoms with Gasteiger partial charge in [-0.25, -0.2) is 4.98 Å². The highest BCUT2D eigenvalue weighted by Gasteiger charge is 2.37. The molecule has 5 rings (SSSR count). The molecule has 0 atom stereocenters. The van der Waals surface area contributed by atoms with Gasteiger partial charge in [0.1, 0.15) is 0 Å². The monoisotopic (exact) mass is 482 g/mol. The van der Waals surface area contributed by atoms with Crippen LogP contribution in [0.2, 0.25) is 0 Å². The number of hydrogen-bond donors (Lipinski definition) is 1. The summed E-state index contributed by atoms with van der Waals surface area (Å²) in [5.74, 6) is 0. The van der Waals surface area contributed by atoms with Crippen LogP contribution >= 0.6 is 11.3 Å². The topological polar surface area (TPSA) is 42.8 Å². The van der Waals surface area contributed by atoms with Crippen molar-refractivity contribution in [1.29, 1.82) is 0 Å². The van der Waals surface area contributed by atoms with E-state index < -0.39 is 0 Å². The highest BCUT2D eigenvalue weighted by Crippen LogP contribution is 2.47. The Labute approximate surface area is 209 Å². The Kier molecular flexibility index (Phi) is 6.79. The van der Waals surface area contributed by atoms with Gasteiger partial charge in [0.15, 0.2) is 5.13 Å². The Balaban J connectivity index is 1.23. The smallest absolute Gasteiger partial charge is 0.185 e. The van der Waals surface area contributed by atoms with Gasteiger partial charge in [-0.2, -0.15) is 0 Å². The molecule has 186 valence electrons. The van der Waals surface area contributed by atoms with E-state index in [4.69, 9.17) is 4.98 Å². The van der Waals surface area contributed by atoms with Gasteiger partial charge in [0.05, 0.1) is 12.3 Å². The molecule has 2 aromatic rings. The van der Waals surface area contributed by atoms with Gasteiger partial charge in [-0.3, -0.25) is 9.80 Å². The van der Waals surface area contributed by atoms with Crippen molar-refractivity contribution in [3.63, 3.8) is 0 Å². The highest BCUT2D eigenvalue weighted by molar-refractivity contribution is 7.14. The molecule has 0 radical (unpaired) electrons. The van der Waals surface area contributed by atoms with E-state index in [0.717, 1.165) is 51.5 Å². The summed E-state index contributed by atoms with van der Waals surface area (Å²) in [6.45, 7) is 17.3. The second-order valence-electron chi connectivity index (χ2n) is 11.9. The Hall–Kier alpha value is -1.47. The van der Waals surface area contributed by atoms with Gasteiger partial charge in [-0.1, -0.05) is 39.8 Å². The minimum atomic E-state index is 0.227. The Morgan fingerprint density at radius 3 is 2.29 bits per heavy atom. The van der Waals surface area contributed by atoms with Gasteiger partial charge in [0, 0.05) is 62.8 Å². The van der Waals surface area contributed by atoms with Crippen LogP contribution in [0.1, 0.15) is 64.5 Å². The molecule has 34 heavy (non-hydrogen) atoms. The molecular formula is C28H42N4OS. The molecular weight excluding hydrogens is 440 g/mol. The zero-order valence-corrected chi connectivity index (χ0v) is 22.3. The molecule has 2 saturated heterocycles. The van der Waals surface area contributed by atoms with Crippen molar-refractivity contribution < 1.29 is 5.11 Å². The molecule has 0 spiro atoms. The lowest BCUT2D eigenvalue weighted by molar-refractivity contribution is 0.0747. The maximum atomic E-state index is 9.18. The molecule has 3 aliphatic rings. The predicted octanol–water partition coefficient (Wildman–Crippen LogP) is 4.74. The quantitative estimate of drug-likeness (QED) is 0.667. The molecule has 0 bridgehead atoms. The van der Waals surface area contributed by atoms with Crippen molar-refractivity contribution in [2.45, 2.75) is 70.3 Å². The molecule has 3 heterocycles. The third-order valence-corrected chi connectivity index (χ3v) is 9.62. The van der Waals surface area contributed by atoms with Crippen molar-refractivity contribution in [1.82, 2.24) is 14.8 Å². The van der Waals surface area contributed by atoms with Gasteiger partial charge >= 0.3 is 0 Å². The first-order valence-corrected chi connectivity index (χ1v) is 14.1. The van der Waals surface area contributed by atoms with E-state index in [1.807, 2.05) is 0 Å². The number of benzene rings is 1. The molecule has 5 nitrogen and oxygen atoms in total. The summed E-state index contributed by atoms with van der Waals surface area (Å²) < 4.78 is 0. The van der Waals surface area contributed by atoms with E-state index in [-0.39, 0.29) is 17.4 Å². The molecule has 0 unspecified atom stereocenters. The first-order chi connectivity index (χ1) is 16.3. The molecule has 1 aliphatic carbocycles. The van der Waals surface area contributed by atoms with Gasteiger partial charge in [-0.05, 0) is 53.7 Å². The third-order valence-electron chi connectivity index (χ3n) is 8.72. The van der Waals surface area contributed by atoms with Crippen molar-refractivity contribution >= 4 is 16.5 Å². The minimum absolute atomic E-state index is 0.227. The molecule has 2 fully saturated rings. The summed E-state index contributed by atoms with van der Waals surface area (Å²) in [7, 11) is 0. The maximum absolute atomic E-state index is 9.18. The maximum Gasteiger partial charge on any atom is 0.185 e. The summed E-state index contributed by atoms with van der Waals surface area (Å²) in [6, 6.07) is 7.79. The van der Waals surface area contributed by atoms with Crippen molar-refractivity contribution in [2.24, 2.45) is 0 Å². The number of fused-ring (bicyclic) bond motifs is 1. The van der Waals surface area contributed by atoms with Gasteiger partial charge in [0.25, 0.3) is 0 Å². The Morgan fingerprint density at radius 2 is 1.62 bits per heavy atom. The summed E-state index contributed by atoms with van der Waals surface area (Å²) >= 11 is 1.80. The number of thiazole rings is 1. The van der Waals surface area contributed by atoms with E-state index in [2.05, 4.69) is 66.0 Å². The molecule has 1 aromatic heterocycles. The van der Waals surface area contributed by atoms with E-state index in [0.29, 0.717) is 6.04 Å². The second kappa shape index (κ2) is 9.53. The fraction of sp³-hybridized carbons (Fsp3) is 0.679. The summed E-state index contributed by atoms with van der Waals surface area (Å²) in [6.07, 6.45) is 4.93. The van der Waals surface area contributed by atoms with Gasteiger partial charge < -0.3 is 10.0 Å². The van der Waals surface area contributed by atoms with E-state index in [1.54, 1.807) is 11.3 Å². The molecule has 0 amide bonds. The highest BCUT2D eigenvalue weighted by atomic mass is 32.1. The SMILES string of the molecule is CC1(C)CCC(C)(C)c2cc(-c3csc(N4CCC(N5CCN(CCO)CC5)CC4)n3)ccc21. The number of piperidine rings is 1. The fourth-order valence-electron chi connectivity index (χ4n) is 6.21. The zero-order valence-electron chi connectivity index (χ0n) is 21.5. The normalized spacial score (nSPS) is 23.7. The van der Waals surface area contributed by atoms with Crippen LogP contribution in [0, 0.1) is 0 Å². The molecule has 6 heteroatoms. The van der Waals surface area contributed by atoms with Crippen LogP contribution in [0.3, 0.4) is 0 Å². The largest absolute Gasteiger partial charge is 0.395 e. The number of hydrogen-bond acceptors (Lipinski definition) is 6. The Bertz CT molecular complexity index is 984. The average Bonchev–Trinajstić information content (AvgIpc) is 3.33. The van der Waals surface area contributed by atoms with Crippen LogP contribution in [0.5, 0.6) is 0 Å². The number of aliphatic hydroxyl groups is 1. The minimum Gasteiger partial charge on any atom is -0.395 e. The number of piperazine rings is 1. The number of aliphatic hydroxyl groups excluding tert-OH is 1. The summed E-state index contributed by atoms with van der Waals surface area (Å²) in [5, 5.41) is 12.6. The van der Waals surface area contributed by atoms with Crippen molar-refractivity contribution in [3.05, 3.63) is 34.7 Å². The second-order valence-corrected chi connectivity index (χ2v) is 12.7. The molecule has 1 aromatic carbocycles. The summed E-state index contributed by atoms with van der Waals surface area (Å²) in [4.78, 5) is 12.7. The van der Waals surface area contributed by atoms with Crippen LogP contribution in [0.4, 0.5) is 5.13 Å². The first-order valence-electron chi connectivity index (χ1n) is 13.2. The fourth-order valence-corrected chi connectivity index (χ4v) is 7.09. The first kappa shape index (κ1) is 24.2. The molecule has 1 N–H and O–H groups in total. The lowest BCUT2D eigenvalue weighted by Crippen LogP contribution is -2.53. The van der Waals surface area contributed by atoms with E-state index >= 15 is 0 Å². The number of rotatable bonds is 5. The number of anilines is 1. The lowest BCUT2D eigenvalue weighted by Gasteiger charge is -2.42. The lowest BCUT2D eigenvalue weighted by atomic mass is 9.63. The number of β-amino-alcohol motifs (C(OH)–C–C–N with tert-alkyl or cyclic N) is 1. The zero-order chi connectivity index (χ0) is 23.9. The molecule has 0 saturated carbocycles. The standard InChI is InChI=1S/C28H42N4OS/c1-27(2)9-10-28(3,4)24-19-21(5-6-23(24)27)25-20-34-26(29-25)32-11-7-22(8-12-32)31-15-13-30(14-16-31)17-18-33/h5-6,19-20,22,33H,7-18H2,1-4H3. The number of aromatic nitrogens is 1. The van der Waals surface area contributed by atoms with Crippen LogP contribution in [0.15, 0.2) is 23.6 Å². The third kappa shape index (κ3) is 4.79.